The van der Waals surface area contributed by atoms with E-state index in [9.17, 15) is 9.59 Å². The zero-order valence-corrected chi connectivity index (χ0v) is 20.7. The van der Waals surface area contributed by atoms with Crippen molar-refractivity contribution in [1.82, 2.24) is 13.9 Å². The molecule has 1 fully saturated rings. The fourth-order valence-electron chi connectivity index (χ4n) is 5.30. The molecule has 7 heteroatoms. The van der Waals surface area contributed by atoms with Crippen LogP contribution in [0.1, 0.15) is 40.3 Å². The van der Waals surface area contributed by atoms with Crippen LogP contribution < -0.4 is 15.4 Å². The molecule has 0 spiro atoms. The molecule has 0 bridgehead atoms. The minimum Gasteiger partial charge on any atom is -0.337 e. The summed E-state index contributed by atoms with van der Waals surface area (Å²) in [5.41, 5.74) is 4.67. The molecule has 2 aromatic heterocycles. The summed E-state index contributed by atoms with van der Waals surface area (Å²) in [5, 5.41) is 0. The average Bonchev–Trinajstić information content (AvgIpc) is 3.20. The molecule has 7 nitrogen and oxygen atoms in total. The average molecular weight is 452 g/mol. The van der Waals surface area contributed by atoms with Crippen molar-refractivity contribution in [3.05, 3.63) is 69.4 Å². The first-order chi connectivity index (χ1) is 15.7. The van der Waals surface area contributed by atoms with Gasteiger partial charge in [-0.05, 0) is 39.0 Å². The summed E-state index contributed by atoms with van der Waals surface area (Å²) < 4.78 is 5.52. The van der Waals surface area contributed by atoms with Crippen LogP contribution in [0, 0.1) is 20.8 Å². The quantitative estimate of drug-likeness (QED) is 0.529. The Kier molecular flexibility index (Phi) is 6.45. The van der Waals surface area contributed by atoms with Crippen molar-refractivity contribution in [3.63, 3.8) is 0 Å². The molecule has 1 aliphatic rings. The normalized spacial score (nSPS) is 19.6. The van der Waals surface area contributed by atoms with E-state index in [2.05, 4.69) is 14.1 Å². The lowest BCUT2D eigenvalue weighted by atomic mass is 10.0. The number of ketones is 1. The highest BCUT2D eigenvalue weighted by Crippen LogP contribution is 2.22. The van der Waals surface area contributed by atoms with Crippen LogP contribution in [0.4, 0.5) is 0 Å². The van der Waals surface area contributed by atoms with Crippen molar-refractivity contribution in [1.29, 1.82) is 0 Å². The van der Waals surface area contributed by atoms with Crippen molar-refractivity contribution in [2.75, 3.05) is 33.7 Å². The first-order valence-electron chi connectivity index (χ1n) is 11.9. The Morgan fingerprint density at radius 2 is 1.73 bits per heavy atom. The molecule has 1 unspecified atom stereocenters. The molecule has 0 aliphatic carbocycles. The van der Waals surface area contributed by atoms with Gasteiger partial charge >= 0.3 is 0 Å². The Hall–Kier alpha value is -2.90. The van der Waals surface area contributed by atoms with E-state index in [4.69, 9.17) is 0 Å². The van der Waals surface area contributed by atoms with Crippen LogP contribution in [0.2, 0.25) is 0 Å². The largest absolute Gasteiger partial charge is 0.337 e. The van der Waals surface area contributed by atoms with Crippen molar-refractivity contribution in [2.24, 2.45) is 7.05 Å². The van der Waals surface area contributed by atoms with Gasteiger partial charge < -0.3 is 14.4 Å². The molecule has 0 saturated carbocycles. The summed E-state index contributed by atoms with van der Waals surface area (Å²) in [4.78, 5) is 29.7. The number of carbonyl (C=O) groups is 1. The highest BCUT2D eigenvalue weighted by Gasteiger charge is 2.29. The molecule has 1 aliphatic heterocycles. The molecule has 1 aromatic carbocycles. The van der Waals surface area contributed by atoms with E-state index in [-0.39, 0.29) is 11.3 Å². The van der Waals surface area contributed by atoms with Crippen LogP contribution in [0.5, 0.6) is 0 Å². The fourth-order valence-corrected chi connectivity index (χ4v) is 5.30. The van der Waals surface area contributed by atoms with E-state index in [1.165, 1.54) is 18.0 Å². The monoisotopic (exact) mass is 451 g/mol. The summed E-state index contributed by atoms with van der Waals surface area (Å²) in [7, 11) is 6.28. The second kappa shape index (κ2) is 9.15. The number of hydrogen-bond donors (Lipinski definition) is 2. The molecular weight excluding hydrogens is 414 g/mol. The summed E-state index contributed by atoms with van der Waals surface area (Å²) in [6, 6.07) is 12.1. The molecule has 1 saturated heterocycles. The zero-order valence-electron chi connectivity index (χ0n) is 20.7. The number of carbonyl (C=O) groups excluding carboxylic acids is 1. The standard InChI is InChI=1S/C26H35N5O2/c1-18-16-23(24(32)17-28(5)21-12-14-27(4)15-13-21)19(2)30(18)25-20(3)29(6)31(26(25)33)22-10-8-7-9-11-22/h7-11,16,21H,12-15,17H2,1-6H3/p+2. The number of Topliss-reactive ketones (excluding diaryl/α,β-unsaturated/α-hetero) is 1. The Balaban J connectivity index is 1.66. The van der Waals surface area contributed by atoms with Crippen molar-refractivity contribution in [3.8, 4) is 11.4 Å². The summed E-state index contributed by atoms with van der Waals surface area (Å²) >= 11 is 0. The van der Waals surface area contributed by atoms with Gasteiger partial charge in [0.1, 0.15) is 12.2 Å². The number of quaternary nitrogens is 2. The van der Waals surface area contributed by atoms with E-state index in [0.29, 0.717) is 18.3 Å². The van der Waals surface area contributed by atoms with E-state index in [1.54, 1.807) is 9.58 Å². The lowest BCUT2D eigenvalue weighted by Gasteiger charge is -2.30. The van der Waals surface area contributed by atoms with Gasteiger partial charge in [0.2, 0.25) is 5.78 Å². The number of nitrogens with one attached hydrogen (secondary N) is 2. The number of benzene rings is 1. The number of nitrogens with zero attached hydrogens (tertiary/aromatic N) is 3. The minimum absolute atomic E-state index is 0.0847. The maximum atomic E-state index is 13.5. The van der Waals surface area contributed by atoms with Crippen molar-refractivity contribution >= 4 is 5.78 Å². The van der Waals surface area contributed by atoms with Crippen LogP contribution in [-0.4, -0.2) is 59.5 Å². The topological polar surface area (TPSA) is 57.8 Å². The molecule has 3 aromatic rings. The number of aromatic nitrogens is 3. The molecule has 33 heavy (non-hydrogen) atoms. The van der Waals surface area contributed by atoms with Crippen LogP contribution in [0.15, 0.2) is 41.2 Å². The number of rotatable bonds is 6. The first-order valence-corrected chi connectivity index (χ1v) is 11.9. The van der Waals surface area contributed by atoms with Gasteiger partial charge in [0.05, 0.1) is 44.6 Å². The predicted molar refractivity (Wildman–Crippen MR) is 130 cm³/mol. The number of likely N-dealkylation sites (tertiary alicyclic amines) is 1. The van der Waals surface area contributed by atoms with Gasteiger partial charge in [-0.15, -0.1) is 0 Å². The Morgan fingerprint density at radius 1 is 1.09 bits per heavy atom. The first kappa shape index (κ1) is 23.3. The van der Waals surface area contributed by atoms with Crippen molar-refractivity contribution < 1.29 is 14.6 Å². The van der Waals surface area contributed by atoms with Crippen LogP contribution >= 0.6 is 0 Å². The number of hydrogen-bond acceptors (Lipinski definition) is 2. The van der Waals surface area contributed by atoms with Gasteiger partial charge in [-0.25, -0.2) is 4.68 Å². The molecule has 4 rings (SSSR count). The smallest absolute Gasteiger partial charge is 0.295 e. The molecule has 2 N–H and O–H groups in total. The Bertz CT molecular complexity index is 1210. The fraction of sp³-hybridized carbons (Fsp3) is 0.462. The number of piperidine rings is 1. The van der Waals surface area contributed by atoms with Crippen molar-refractivity contribution in [2.45, 2.75) is 39.7 Å². The predicted octanol–water partition coefficient (Wildman–Crippen LogP) is 0.266. The summed E-state index contributed by atoms with van der Waals surface area (Å²) in [6.07, 6.45) is 2.32. The van der Waals surface area contributed by atoms with Crippen LogP contribution in [-0.2, 0) is 7.05 Å². The van der Waals surface area contributed by atoms with E-state index < -0.39 is 0 Å². The molecular formula is C26H37N5O2+2. The maximum Gasteiger partial charge on any atom is 0.295 e. The van der Waals surface area contributed by atoms with E-state index in [1.807, 2.05) is 73.5 Å². The van der Waals surface area contributed by atoms with Gasteiger partial charge in [-0.2, -0.15) is 0 Å². The van der Waals surface area contributed by atoms with Gasteiger partial charge in [0.25, 0.3) is 5.56 Å². The molecule has 3 heterocycles. The SMILES string of the molecule is Cc1cc(C(=O)C[NH+](C)C2CC[NH+](C)CC2)c(C)n1-c1c(C)n(C)n(-c2ccccc2)c1=O. The third-order valence-corrected chi connectivity index (χ3v) is 7.45. The Labute approximate surface area is 195 Å². The zero-order chi connectivity index (χ0) is 23.9. The third kappa shape index (κ3) is 4.23. The number of para-hydroxylation sites is 1. The lowest BCUT2D eigenvalue weighted by Crippen LogP contribution is -3.18. The van der Waals surface area contributed by atoms with Gasteiger partial charge in [0, 0.05) is 36.8 Å². The molecule has 0 radical (unpaired) electrons. The van der Waals surface area contributed by atoms with Gasteiger partial charge in [-0.3, -0.25) is 14.3 Å². The highest BCUT2D eigenvalue weighted by molar-refractivity contribution is 5.98. The molecule has 0 amide bonds. The van der Waals surface area contributed by atoms with Crippen LogP contribution in [0.3, 0.4) is 0 Å². The number of likely N-dealkylation sites (N-methyl/N-ethyl adjacent to an activating group) is 1. The second-order valence-electron chi connectivity index (χ2n) is 9.71. The van der Waals surface area contributed by atoms with Gasteiger partial charge in [0.15, 0.2) is 0 Å². The summed E-state index contributed by atoms with van der Waals surface area (Å²) in [5.74, 6) is 0.148. The molecule has 176 valence electrons. The van der Waals surface area contributed by atoms with Gasteiger partial charge in [-0.1, -0.05) is 18.2 Å². The van der Waals surface area contributed by atoms with Crippen LogP contribution in [0.25, 0.3) is 11.4 Å². The lowest BCUT2D eigenvalue weighted by molar-refractivity contribution is -0.934. The highest BCUT2D eigenvalue weighted by atomic mass is 16.1. The van der Waals surface area contributed by atoms with E-state index >= 15 is 0 Å². The second-order valence-corrected chi connectivity index (χ2v) is 9.71. The third-order valence-electron chi connectivity index (χ3n) is 7.45. The minimum atomic E-state index is -0.0847. The van der Waals surface area contributed by atoms with E-state index in [0.717, 1.165) is 41.2 Å². The maximum absolute atomic E-state index is 13.5. The number of aryl methyl sites for hydroxylation is 1. The summed E-state index contributed by atoms with van der Waals surface area (Å²) in [6.45, 7) is 8.70. The Morgan fingerprint density at radius 3 is 2.36 bits per heavy atom. The molecule has 1 atom stereocenters.